The minimum atomic E-state index is -0.619. The van der Waals surface area contributed by atoms with E-state index in [9.17, 15) is 9.59 Å². The van der Waals surface area contributed by atoms with Crippen LogP contribution in [0, 0.1) is 0 Å². The van der Waals surface area contributed by atoms with Crippen LogP contribution in [0.15, 0.2) is 46.9 Å². The predicted molar refractivity (Wildman–Crippen MR) is 145 cm³/mol. The fourth-order valence-electron chi connectivity index (χ4n) is 5.23. The lowest BCUT2D eigenvalue weighted by Crippen LogP contribution is -2.38. The Hall–Kier alpha value is -3.56. The number of hydrogen-bond acceptors (Lipinski definition) is 7. The van der Waals surface area contributed by atoms with E-state index in [1.165, 1.54) is 13.5 Å². The number of fused-ring (bicyclic) bond motifs is 1. The van der Waals surface area contributed by atoms with Gasteiger partial charge >= 0.3 is 12.0 Å². The van der Waals surface area contributed by atoms with E-state index in [-0.39, 0.29) is 11.7 Å². The number of amides is 2. The van der Waals surface area contributed by atoms with Crippen molar-refractivity contribution in [2.75, 3.05) is 57.2 Å². The zero-order chi connectivity index (χ0) is 26.3. The van der Waals surface area contributed by atoms with Gasteiger partial charge in [0.1, 0.15) is 18.1 Å². The van der Waals surface area contributed by atoms with Crippen LogP contribution < -0.4 is 15.4 Å². The summed E-state index contributed by atoms with van der Waals surface area (Å²) >= 11 is 0. The summed E-state index contributed by atoms with van der Waals surface area (Å²) in [5.74, 6) is 1.11. The number of nitrogens with one attached hydrogen (secondary N) is 2. The molecule has 2 fully saturated rings. The van der Waals surface area contributed by atoms with Crippen molar-refractivity contribution in [1.29, 1.82) is 0 Å². The lowest BCUT2D eigenvalue weighted by atomic mass is 9.87. The van der Waals surface area contributed by atoms with E-state index < -0.39 is 12.0 Å². The summed E-state index contributed by atoms with van der Waals surface area (Å²) in [7, 11) is 1.30. The van der Waals surface area contributed by atoms with E-state index in [1.807, 2.05) is 36.4 Å². The van der Waals surface area contributed by atoms with E-state index in [0.717, 1.165) is 75.1 Å². The van der Waals surface area contributed by atoms with Gasteiger partial charge in [-0.2, -0.15) is 0 Å². The molecule has 0 bridgehead atoms. The number of carbonyl (C=O) groups excluding carboxylic acids is 2. The van der Waals surface area contributed by atoms with Crippen LogP contribution in [0.1, 0.15) is 54.3 Å². The largest absolute Gasteiger partial charge is 0.492 e. The smallest absolute Gasteiger partial charge is 0.376 e. The number of morpholine rings is 1. The summed E-state index contributed by atoms with van der Waals surface area (Å²) in [6, 6.07) is 12.8. The first-order valence-corrected chi connectivity index (χ1v) is 13.4. The molecule has 1 aliphatic heterocycles. The van der Waals surface area contributed by atoms with Crippen LogP contribution in [0.4, 0.5) is 16.2 Å². The molecule has 2 N–H and O–H groups in total. The molecular weight excluding hydrogens is 486 g/mol. The molecule has 1 saturated heterocycles. The lowest BCUT2D eigenvalue weighted by molar-refractivity contribution is 0.0323. The average Bonchev–Trinajstić information content (AvgIpc) is 3.38. The third kappa shape index (κ3) is 6.11. The van der Waals surface area contributed by atoms with E-state index in [0.29, 0.717) is 23.7 Å². The Morgan fingerprint density at radius 2 is 1.71 bits per heavy atom. The zero-order valence-corrected chi connectivity index (χ0v) is 21.8. The first kappa shape index (κ1) is 26.1. The molecule has 1 aliphatic carbocycles. The SMILES string of the molecule is COC(=O)c1oc(C2CCCCC2)cc1NC(=O)Nc1ccc(OCCN2CCOCC2)c2ccccc12. The van der Waals surface area contributed by atoms with Crippen molar-refractivity contribution < 1.29 is 28.2 Å². The number of anilines is 2. The number of urea groups is 1. The van der Waals surface area contributed by atoms with Gasteiger partial charge in [-0.15, -0.1) is 0 Å². The molecule has 3 aromatic rings. The Bertz CT molecular complexity index is 1260. The van der Waals surface area contributed by atoms with Crippen LogP contribution in [0.2, 0.25) is 0 Å². The standard InChI is InChI=1S/C29H35N3O6/c1-35-28(33)27-24(19-26(38-27)20-7-3-2-4-8-20)31-29(34)30-23-11-12-25(22-10-6-5-9-21(22)23)37-18-15-32-13-16-36-17-14-32/h5-6,9-12,19-20H,2-4,7-8,13-18H2,1H3,(H2,30,31,34). The number of nitrogens with zero attached hydrogens (tertiary/aromatic N) is 1. The van der Waals surface area contributed by atoms with Crippen molar-refractivity contribution in [3.05, 3.63) is 54.0 Å². The number of benzene rings is 2. The molecule has 9 heteroatoms. The monoisotopic (exact) mass is 521 g/mol. The van der Waals surface area contributed by atoms with E-state index in [4.69, 9.17) is 18.6 Å². The fourth-order valence-corrected chi connectivity index (χ4v) is 5.23. The Labute approximate surface area is 222 Å². The maximum atomic E-state index is 13.0. The Morgan fingerprint density at radius 3 is 2.47 bits per heavy atom. The first-order chi connectivity index (χ1) is 18.6. The topological polar surface area (TPSA) is 102 Å². The number of methoxy groups -OCH3 is 1. The van der Waals surface area contributed by atoms with Gasteiger partial charge in [-0.3, -0.25) is 4.90 Å². The average molecular weight is 522 g/mol. The molecule has 1 aromatic heterocycles. The van der Waals surface area contributed by atoms with Crippen LogP contribution in [0.5, 0.6) is 5.75 Å². The van der Waals surface area contributed by atoms with Crippen LogP contribution in [-0.2, 0) is 9.47 Å². The molecule has 0 atom stereocenters. The van der Waals surface area contributed by atoms with Gasteiger partial charge in [0.2, 0.25) is 5.76 Å². The second-order valence-electron chi connectivity index (χ2n) is 9.76. The Balaban J connectivity index is 1.29. The second-order valence-corrected chi connectivity index (χ2v) is 9.76. The van der Waals surface area contributed by atoms with Gasteiger partial charge in [0.05, 0.1) is 31.7 Å². The molecule has 1 saturated carbocycles. The zero-order valence-electron chi connectivity index (χ0n) is 21.8. The molecule has 2 heterocycles. The summed E-state index contributed by atoms with van der Waals surface area (Å²) in [5.41, 5.74) is 0.941. The summed E-state index contributed by atoms with van der Waals surface area (Å²) in [6.07, 6.45) is 5.48. The number of ether oxygens (including phenoxy) is 3. The van der Waals surface area contributed by atoms with Crippen LogP contribution >= 0.6 is 0 Å². The third-order valence-electron chi connectivity index (χ3n) is 7.28. The summed E-state index contributed by atoms with van der Waals surface area (Å²) in [5, 5.41) is 7.48. The van der Waals surface area contributed by atoms with Crippen LogP contribution in [0.3, 0.4) is 0 Å². The van der Waals surface area contributed by atoms with Crippen molar-refractivity contribution in [3.63, 3.8) is 0 Å². The van der Waals surface area contributed by atoms with Gasteiger partial charge in [0.25, 0.3) is 0 Å². The summed E-state index contributed by atoms with van der Waals surface area (Å²) in [4.78, 5) is 27.7. The molecule has 0 unspecified atom stereocenters. The molecule has 2 aliphatic rings. The van der Waals surface area contributed by atoms with Gasteiger partial charge in [0, 0.05) is 42.4 Å². The highest BCUT2D eigenvalue weighted by atomic mass is 16.5. The summed E-state index contributed by atoms with van der Waals surface area (Å²) < 4.78 is 22.3. The molecule has 38 heavy (non-hydrogen) atoms. The maximum absolute atomic E-state index is 13.0. The van der Waals surface area contributed by atoms with Crippen LogP contribution in [-0.4, -0.2) is 63.5 Å². The first-order valence-electron chi connectivity index (χ1n) is 13.4. The molecule has 0 radical (unpaired) electrons. The van der Waals surface area contributed by atoms with Gasteiger partial charge in [0.15, 0.2) is 0 Å². The van der Waals surface area contributed by atoms with E-state index >= 15 is 0 Å². The molecule has 2 amide bonds. The van der Waals surface area contributed by atoms with Gasteiger partial charge in [-0.1, -0.05) is 43.5 Å². The Morgan fingerprint density at radius 1 is 0.974 bits per heavy atom. The highest BCUT2D eigenvalue weighted by Gasteiger charge is 2.26. The van der Waals surface area contributed by atoms with Crippen molar-refractivity contribution in [2.24, 2.45) is 0 Å². The normalized spacial score (nSPS) is 16.8. The molecule has 2 aromatic carbocycles. The minimum Gasteiger partial charge on any atom is -0.492 e. The number of rotatable bonds is 8. The van der Waals surface area contributed by atoms with Crippen molar-refractivity contribution in [2.45, 2.75) is 38.0 Å². The van der Waals surface area contributed by atoms with Crippen LogP contribution in [0.25, 0.3) is 10.8 Å². The van der Waals surface area contributed by atoms with E-state index in [1.54, 1.807) is 6.07 Å². The predicted octanol–water partition coefficient (Wildman–Crippen LogP) is 5.62. The van der Waals surface area contributed by atoms with E-state index in [2.05, 4.69) is 15.5 Å². The second kappa shape index (κ2) is 12.3. The molecular formula is C29H35N3O6. The number of furan rings is 1. The minimum absolute atomic E-state index is 0.0112. The van der Waals surface area contributed by atoms with Crippen molar-refractivity contribution in [1.82, 2.24) is 4.90 Å². The highest BCUT2D eigenvalue weighted by Crippen LogP contribution is 2.37. The number of esters is 1. The third-order valence-corrected chi connectivity index (χ3v) is 7.28. The number of hydrogen-bond donors (Lipinski definition) is 2. The lowest BCUT2D eigenvalue weighted by Gasteiger charge is -2.26. The van der Waals surface area contributed by atoms with Crippen molar-refractivity contribution >= 4 is 34.1 Å². The van der Waals surface area contributed by atoms with Gasteiger partial charge in [-0.25, -0.2) is 9.59 Å². The fraction of sp³-hybridized carbons (Fsp3) is 0.448. The molecule has 9 nitrogen and oxygen atoms in total. The quantitative estimate of drug-likeness (QED) is 0.371. The summed E-state index contributed by atoms with van der Waals surface area (Å²) in [6.45, 7) is 4.74. The Kier molecular flexibility index (Phi) is 8.45. The highest BCUT2D eigenvalue weighted by molar-refractivity contribution is 6.09. The van der Waals surface area contributed by atoms with Crippen molar-refractivity contribution in [3.8, 4) is 5.75 Å². The molecule has 0 spiro atoms. The molecule has 202 valence electrons. The maximum Gasteiger partial charge on any atom is 0.376 e. The van der Waals surface area contributed by atoms with Gasteiger partial charge in [-0.05, 0) is 25.0 Å². The molecule has 5 rings (SSSR count). The number of carbonyl (C=O) groups is 2. The van der Waals surface area contributed by atoms with Gasteiger partial charge < -0.3 is 29.3 Å².